The Balaban J connectivity index is 2.18. The number of carbonyl (C=O) groups excluding carboxylic acids is 1. The monoisotopic (exact) mass is 358 g/mol. The lowest BCUT2D eigenvalue weighted by atomic mass is 10.2. The molecule has 1 aliphatic rings. The maximum atomic E-state index is 12.3. The molecule has 1 saturated heterocycles. The van der Waals surface area contributed by atoms with Crippen molar-refractivity contribution in [2.45, 2.75) is 25.3 Å². The normalized spacial score (nSPS) is 21.9. The van der Waals surface area contributed by atoms with Gasteiger partial charge in [-0.2, -0.15) is 0 Å². The number of urea groups is 1. The Hall–Kier alpha value is -1.21. The minimum Gasteiger partial charge on any atom is -0.480 e. The molecule has 0 spiro atoms. The molecular weight excluding hydrogens is 344 g/mol. The van der Waals surface area contributed by atoms with Crippen LogP contribution in [-0.2, 0) is 4.79 Å². The fourth-order valence-corrected chi connectivity index (χ4v) is 3.58. The van der Waals surface area contributed by atoms with E-state index in [4.69, 9.17) is 0 Å². The average molecular weight is 359 g/mol. The van der Waals surface area contributed by atoms with Gasteiger partial charge in [0.1, 0.15) is 6.04 Å². The predicted molar refractivity (Wildman–Crippen MR) is 83.1 cm³/mol. The van der Waals surface area contributed by atoms with E-state index in [2.05, 4.69) is 21.2 Å². The van der Waals surface area contributed by atoms with E-state index in [0.717, 1.165) is 10.0 Å². The Labute approximate surface area is 129 Å². The predicted octanol–water partition coefficient (Wildman–Crippen LogP) is 3.14. The number of rotatable bonds is 2. The van der Waals surface area contributed by atoms with E-state index < -0.39 is 12.0 Å². The summed E-state index contributed by atoms with van der Waals surface area (Å²) in [6.07, 6.45) is 0. The number of benzene rings is 1. The molecule has 1 heterocycles. The molecule has 5 nitrogen and oxygen atoms in total. The summed E-state index contributed by atoms with van der Waals surface area (Å²) in [5, 5.41) is 11.8. The van der Waals surface area contributed by atoms with Crippen molar-refractivity contribution >= 4 is 45.4 Å². The SMILES string of the molecule is Cc1ccc(Br)cc1NC(=O)N1C(C)SCC1C(=O)O. The number of hydrogen-bond donors (Lipinski definition) is 2. The van der Waals surface area contributed by atoms with Gasteiger partial charge >= 0.3 is 12.0 Å². The largest absolute Gasteiger partial charge is 0.480 e. The topological polar surface area (TPSA) is 69.6 Å². The number of aryl methyl sites for hydroxylation is 1. The van der Waals surface area contributed by atoms with Crippen molar-refractivity contribution in [3.63, 3.8) is 0 Å². The lowest BCUT2D eigenvalue weighted by Gasteiger charge is -2.25. The summed E-state index contributed by atoms with van der Waals surface area (Å²) in [6, 6.07) is 4.42. The zero-order chi connectivity index (χ0) is 14.9. The van der Waals surface area contributed by atoms with E-state index >= 15 is 0 Å². The number of anilines is 1. The highest BCUT2D eigenvalue weighted by Crippen LogP contribution is 2.30. The van der Waals surface area contributed by atoms with Gasteiger partial charge in [0.05, 0.1) is 5.37 Å². The summed E-state index contributed by atoms with van der Waals surface area (Å²) in [5.74, 6) is -0.551. The van der Waals surface area contributed by atoms with E-state index in [0.29, 0.717) is 11.4 Å². The van der Waals surface area contributed by atoms with E-state index in [9.17, 15) is 14.7 Å². The van der Waals surface area contributed by atoms with Crippen LogP contribution < -0.4 is 5.32 Å². The molecule has 1 fully saturated rings. The molecule has 0 aliphatic carbocycles. The van der Waals surface area contributed by atoms with Crippen LogP contribution in [-0.4, -0.2) is 39.2 Å². The number of thioether (sulfide) groups is 1. The minimum absolute atomic E-state index is 0.149. The van der Waals surface area contributed by atoms with Gasteiger partial charge in [-0.3, -0.25) is 4.90 Å². The van der Waals surface area contributed by atoms with Crippen LogP contribution in [0.2, 0.25) is 0 Å². The Morgan fingerprint density at radius 3 is 2.85 bits per heavy atom. The lowest BCUT2D eigenvalue weighted by molar-refractivity contribution is -0.141. The number of carbonyl (C=O) groups is 2. The Kier molecular flexibility index (Phi) is 4.59. The third kappa shape index (κ3) is 3.09. The van der Waals surface area contributed by atoms with E-state index in [-0.39, 0.29) is 11.4 Å². The molecule has 2 N–H and O–H groups in total. The molecule has 0 aromatic heterocycles. The highest BCUT2D eigenvalue weighted by molar-refractivity contribution is 9.10. The standard InChI is InChI=1S/C13H15BrN2O3S/c1-7-3-4-9(14)5-10(7)15-13(19)16-8(2)20-6-11(16)12(17)18/h3-5,8,11H,6H2,1-2H3,(H,15,19)(H,17,18). The van der Waals surface area contributed by atoms with Gasteiger partial charge in [0.25, 0.3) is 0 Å². The van der Waals surface area contributed by atoms with E-state index in [1.807, 2.05) is 26.0 Å². The fourth-order valence-electron chi connectivity index (χ4n) is 2.05. The smallest absolute Gasteiger partial charge is 0.327 e. The molecule has 2 amide bonds. The highest BCUT2D eigenvalue weighted by Gasteiger charge is 2.39. The Morgan fingerprint density at radius 2 is 2.20 bits per heavy atom. The van der Waals surface area contributed by atoms with Crippen molar-refractivity contribution in [1.82, 2.24) is 4.90 Å². The Bertz CT molecular complexity index is 552. The van der Waals surface area contributed by atoms with Crippen molar-refractivity contribution in [2.24, 2.45) is 0 Å². The molecule has 2 atom stereocenters. The maximum Gasteiger partial charge on any atom is 0.327 e. The summed E-state index contributed by atoms with van der Waals surface area (Å²) in [6.45, 7) is 3.72. The van der Waals surface area contributed by atoms with Crippen LogP contribution in [0.3, 0.4) is 0 Å². The maximum absolute atomic E-state index is 12.3. The lowest BCUT2D eigenvalue weighted by Crippen LogP contribution is -2.46. The van der Waals surface area contributed by atoms with Crippen molar-refractivity contribution in [3.05, 3.63) is 28.2 Å². The average Bonchev–Trinajstić information content (AvgIpc) is 2.76. The molecule has 0 saturated carbocycles. The zero-order valence-electron chi connectivity index (χ0n) is 11.1. The highest BCUT2D eigenvalue weighted by atomic mass is 79.9. The summed E-state index contributed by atoms with van der Waals surface area (Å²) in [5.41, 5.74) is 1.60. The molecule has 0 radical (unpaired) electrons. The van der Waals surface area contributed by atoms with Gasteiger partial charge in [-0.1, -0.05) is 22.0 Å². The van der Waals surface area contributed by atoms with Crippen molar-refractivity contribution in [2.75, 3.05) is 11.1 Å². The summed E-state index contributed by atoms with van der Waals surface area (Å²) in [7, 11) is 0. The number of hydrogen-bond acceptors (Lipinski definition) is 3. The van der Waals surface area contributed by atoms with Crippen molar-refractivity contribution in [1.29, 1.82) is 0 Å². The second-order valence-corrected chi connectivity index (χ2v) is 6.85. The fraction of sp³-hybridized carbons (Fsp3) is 0.385. The number of carboxylic acid groups (broad SMARTS) is 1. The van der Waals surface area contributed by atoms with Gasteiger partial charge in [0, 0.05) is 15.9 Å². The molecule has 7 heteroatoms. The van der Waals surface area contributed by atoms with Crippen LogP contribution in [0, 0.1) is 6.92 Å². The number of aliphatic carboxylic acids is 1. The molecule has 2 rings (SSSR count). The second kappa shape index (κ2) is 6.05. The number of amides is 2. The van der Waals surface area contributed by atoms with Crippen LogP contribution in [0.15, 0.2) is 22.7 Å². The second-order valence-electron chi connectivity index (χ2n) is 4.58. The third-order valence-corrected chi connectivity index (χ3v) is 4.89. The van der Waals surface area contributed by atoms with Gasteiger partial charge in [0.15, 0.2) is 0 Å². The first-order valence-electron chi connectivity index (χ1n) is 6.10. The van der Waals surface area contributed by atoms with E-state index in [1.165, 1.54) is 16.7 Å². The first-order valence-corrected chi connectivity index (χ1v) is 7.94. The summed E-state index contributed by atoms with van der Waals surface area (Å²) >= 11 is 4.82. The number of carboxylic acids is 1. The van der Waals surface area contributed by atoms with Crippen LogP contribution in [0.5, 0.6) is 0 Å². The number of halogens is 1. The van der Waals surface area contributed by atoms with Gasteiger partial charge < -0.3 is 10.4 Å². The van der Waals surface area contributed by atoms with Crippen molar-refractivity contribution < 1.29 is 14.7 Å². The van der Waals surface area contributed by atoms with E-state index in [1.54, 1.807) is 6.07 Å². The molecule has 20 heavy (non-hydrogen) atoms. The van der Waals surface area contributed by atoms with Crippen LogP contribution in [0.4, 0.5) is 10.5 Å². The van der Waals surface area contributed by atoms with Crippen molar-refractivity contribution in [3.8, 4) is 0 Å². The van der Waals surface area contributed by atoms with Gasteiger partial charge in [-0.15, -0.1) is 11.8 Å². The minimum atomic E-state index is -0.969. The Morgan fingerprint density at radius 1 is 1.50 bits per heavy atom. The van der Waals surface area contributed by atoms with Crippen LogP contribution >= 0.6 is 27.7 Å². The van der Waals surface area contributed by atoms with Crippen LogP contribution in [0.25, 0.3) is 0 Å². The van der Waals surface area contributed by atoms with Gasteiger partial charge in [-0.05, 0) is 31.5 Å². The summed E-state index contributed by atoms with van der Waals surface area (Å²) < 4.78 is 0.858. The molecule has 1 aromatic rings. The first kappa shape index (κ1) is 15.2. The molecule has 2 unspecified atom stereocenters. The summed E-state index contributed by atoms with van der Waals surface area (Å²) in [4.78, 5) is 24.9. The third-order valence-electron chi connectivity index (χ3n) is 3.18. The molecule has 1 aromatic carbocycles. The van der Waals surface area contributed by atoms with Crippen LogP contribution in [0.1, 0.15) is 12.5 Å². The van der Waals surface area contributed by atoms with Gasteiger partial charge in [0.2, 0.25) is 0 Å². The molecule has 108 valence electrons. The molecular formula is C13H15BrN2O3S. The quantitative estimate of drug-likeness (QED) is 0.851. The number of nitrogens with zero attached hydrogens (tertiary/aromatic N) is 1. The van der Waals surface area contributed by atoms with Gasteiger partial charge in [-0.25, -0.2) is 9.59 Å². The number of nitrogens with one attached hydrogen (secondary N) is 1. The molecule has 0 bridgehead atoms. The molecule has 1 aliphatic heterocycles. The first-order chi connectivity index (χ1) is 9.40. The zero-order valence-corrected chi connectivity index (χ0v) is 13.5.